The van der Waals surface area contributed by atoms with Crippen LogP contribution < -0.4 is 14.8 Å². The smallest absolute Gasteiger partial charge is 0.236 e. The summed E-state index contributed by atoms with van der Waals surface area (Å²) in [6.45, 7) is 2.96. The average Bonchev–Trinajstić information content (AvgIpc) is 3.62. The first-order valence-electron chi connectivity index (χ1n) is 12.8. The fourth-order valence-electron chi connectivity index (χ4n) is 3.94. The molecule has 0 spiro atoms. The number of aryl methyl sites for hydroxylation is 1. The minimum Gasteiger partial charge on any atom is -0.497 e. The van der Waals surface area contributed by atoms with Crippen LogP contribution in [0.4, 0.5) is 5.13 Å². The van der Waals surface area contributed by atoms with Gasteiger partial charge in [-0.1, -0.05) is 61.2 Å². The van der Waals surface area contributed by atoms with Crippen LogP contribution >= 0.6 is 23.1 Å². The van der Waals surface area contributed by atoms with E-state index in [1.165, 1.54) is 28.7 Å². The molecule has 40 heavy (non-hydrogen) atoms. The molecule has 2 aromatic heterocycles. The van der Waals surface area contributed by atoms with Crippen molar-refractivity contribution in [2.45, 2.75) is 31.7 Å². The summed E-state index contributed by atoms with van der Waals surface area (Å²) in [5, 5.41) is 14.8. The van der Waals surface area contributed by atoms with Crippen LogP contribution in [-0.4, -0.2) is 38.5 Å². The van der Waals surface area contributed by atoms with Crippen molar-refractivity contribution >= 4 is 34.1 Å². The molecule has 5 rings (SSSR count). The summed E-state index contributed by atoms with van der Waals surface area (Å²) in [5.74, 6) is 2.26. The molecule has 0 aliphatic rings. The van der Waals surface area contributed by atoms with Crippen LogP contribution in [0.15, 0.2) is 89.4 Å². The van der Waals surface area contributed by atoms with Crippen molar-refractivity contribution in [3.8, 4) is 22.8 Å². The molecular formula is C30H29N5O3S2. The molecule has 204 valence electrons. The molecule has 0 saturated carbocycles. The van der Waals surface area contributed by atoms with E-state index in [0.717, 1.165) is 34.7 Å². The summed E-state index contributed by atoms with van der Waals surface area (Å²) in [5.41, 5.74) is 4.12. The van der Waals surface area contributed by atoms with Crippen LogP contribution in [0, 0.1) is 0 Å². The first-order chi connectivity index (χ1) is 19.6. The van der Waals surface area contributed by atoms with Gasteiger partial charge in [0.2, 0.25) is 5.91 Å². The maximum atomic E-state index is 12.8. The van der Waals surface area contributed by atoms with Gasteiger partial charge in [0.15, 0.2) is 16.1 Å². The normalized spacial score (nSPS) is 10.8. The summed E-state index contributed by atoms with van der Waals surface area (Å²) < 4.78 is 13.2. The summed E-state index contributed by atoms with van der Waals surface area (Å²) in [6, 6.07) is 25.8. The molecule has 8 nitrogen and oxygen atoms in total. The van der Waals surface area contributed by atoms with E-state index in [1.807, 2.05) is 64.5 Å². The number of thiazole rings is 1. The average molecular weight is 572 g/mol. The van der Waals surface area contributed by atoms with E-state index in [1.54, 1.807) is 7.11 Å². The van der Waals surface area contributed by atoms with Crippen molar-refractivity contribution < 1.29 is 14.3 Å². The Morgan fingerprint density at radius 2 is 1.70 bits per heavy atom. The van der Waals surface area contributed by atoms with Crippen molar-refractivity contribution in [2.24, 2.45) is 0 Å². The van der Waals surface area contributed by atoms with Crippen LogP contribution in [0.1, 0.15) is 23.9 Å². The standard InChI is InChI=1S/C30H29N5O3S2/c1-3-21-9-13-25(14-10-21)38-18-27-33-34-30(35(27)17-22-7-5-4-6-8-22)40-20-28(36)32-29-31-26(19-39-29)23-11-15-24(37-2)16-12-23/h4-16,19H,3,17-18,20H2,1-2H3,(H,31,32,36). The van der Waals surface area contributed by atoms with Crippen molar-refractivity contribution in [1.82, 2.24) is 19.7 Å². The maximum absolute atomic E-state index is 12.8. The van der Waals surface area contributed by atoms with Gasteiger partial charge in [0.1, 0.15) is 18.1 Å². The van der Waals surface area contributed by atoms with Crippen LogP contribution in [0.2, 0.25) is 0 Å². The van der Waals surface area contributed by atoms with E-state index < -0.39 is 0 Å². The molecular weight excluding hydrogens is 542 g/mol. The van der Waals surface area contributed by atoms with Gasteiger partial charge in [0.05, 0.1) is 25.1 Å². The molecule has 0 unspecified atom stereocenters. The molecule has 1 amide bonds. The van der Waals surface area contributed by atoms with Crippen molar-refractivity contribution in [3.05, 3.63) is 101 Å². The van der Waals surface area contributed by atoms with Crippen molar-refractivity contribution in [3.63, 3.8) is 0 Å². The lowest BCUT2D eigenvalue weighted by atomic mass is 10.2. The van der Waals surface area contributed by atoms with Crippen LogP contribution in [0.5, 0.6) is 11.5 Å². The number of hydrogen-bond acceptors (Lipinski definition) is 8. The molecule has 10 heteroatoms. The predicted octanol–water partition coefficient (Wildman–Crippen LogP) is 6.33. The number of nitrogens with one attached hydrogen (secondary N) is 1. The van der Waals surface area contributed by atoms with Crippen LogP contribution in [0.25, 0.3) is 11.3 Å². The first-order valence-corrected chi connectivity index (χ1v) is 14.7. The highest BCUT2D eigenvalue weighted by molar-refractivity contribution is 7.99. The van der Waals surface area contributed by atoms with Gasteiger partial charge in [-0.05, 0) is 53.9 Å². The van der Waals surface area contributed by atoms with Gasteiger partial charge in [-0.25, -0.2) is 4.98 Å². The Labute approximate surface area is 241 Å². The van der Waals surface area contributed by atoms with Crippen molar-refractivity contribution in [2.75, 3.05) is 18.2 Å². The number of amides is 1. The minimum atomic E-state index is -0.163. The molecule has 0 saturated heterocycles. The molecule has 1 N–H and O–H groups in total. The number of aromatic nitrogens is 4. The lowest BCUT2D eigenvalue weighted by Gasteiger charge is -2.11. The third kappa shape index (κ3) is 7.08. The molecule has 3 aromatic carbocycles. The molecule has 0 atom stereocenters. The van der Waals surface area contributed by atoms with Gasteiger partial charge in [0.25, 0.3) is 0 Å². The highest BCUT2D eigenvalue weighted by atomic mass is 32.2. The second kappa shape index (κ2) is 13.3. The second-order valence-electron chi connectivity index (χ2n) is 8.86. The molecule has 0 aliphatic carbocycles. The second-order valence-corrected chi connectivity index (χ2v) is 10.7. The number of benzene rings is 3. The molecule has 0 bridgehead atoms. The zero-order valence-electron chi connectivity index (χ0n) is 22.2. The monoisotopic (exact) mass is 571 g/mol. The first kappa shape index (κ1) is 27.4. The van der Waals surface area contributed by atoms with Gasteiger partial charge < -0.3 is 14.8 Å². The Hall–Kier alpha value is -4.15. The highest BCUT2D eigenvalue weighted by Crippen LogP contribution is 2.27. The van der Waals surface area contributed by atoms with Crippen molar-refractivity contribution in [1.29, 1.82) is 0 Å². The van der Waals surface area contributed by atoms with E-state index in [0.29, 0.717) is 22.7 Å². The minimum absolute atomic E-state index is 0.163. The van der Waals surface area contributed by atoms with E-state index in [9.17, 15) is 4.79 Å². The lowest BCUT2D eigenvalue weighted by molar-refractivity contribution is -0.113. The van der Waals surface area contributed by atoms with E-state index in [-0.39, 0.29) is 18.3 Å². The molecule has 0 radical (unpaired) electrons. The maximum Gasteiger partial charge on any atom is 0.236 e. The van der Waals surface area contributed by atoms with Gasteiger partial charge in [-0.15, -0.1) is 21.5 Å². The molecule has 5 aromatic rings. The number of methoxy groups -OCH3 is 1. The third-order valence-corrected chi connectivity index (χ3v) is 7.87. The Morgan fingerprint density at radius 1 is 0.950 bits per heavy atom. The number of anilines is 1. The Morgan fingerprint density at radius 3 is 2.42 bits per heavy atom. The molecule has 0 fully saturated rings. The van der Waals surface area contributed by atoms with Crippen LogP contribution in [0.3, 0.4) is 0 Å². The number of carbonyl (C=O) groups is 1. The molecule has 0 aliphatic heterocycles. The zero-order valence-corrected chi connectivity index (χ0v) is 23.9. The van der Waals surface area contributed by atoms with Gasteiger partial charge in [0, 0.05) is 10.9 Å². The summed E-state index contributed by atoms with van der Waals surface area (Å²) in [7, 11) is 1.63. The molecule has 2 heterocycles. The number of thioether (sulfide) groups is 1. The fourth-order valence-corrected chi connectivity index (χ4v) is 5.43. The highest BCUT2D eigenvalue weighted by Gasteiger charge is 2.16. The quantitative estimate of drug-likeness (QED) is 0.175. The number of rotatable bonds is 12. The number of ether oxygens (including phenoxy) is 2. The summed E-state index contributed by atoms with van der Waals surface area (Å²) in [6.07, 6.45) is 0.978. The van der Waals surface area contributed by atoms with E-state index in [2.05, 4.69) is 51.7 Å². The van der Waals surface area contributed by atoms with Gasteiger partial charge >= 0.3 is 0 Å². The van der Waals surface area contributed by atoms with Gasteiger partial charge in [-0.3, -0.25) is 9.36 Å². The number of carbonyl (C=O) groups excluding carboxylic acids is 1. The fraction of sp³-hybridized carbons (Fsp3) is 0.200. The largest absolute Gasteiger partial charge is 0.497 e. The van der Waals surface area contributed by atoms with E-state index >= 15 is 0 Å². The predicted molar refractivity (Wildman–Crippen MR) is 159 cm³/mol. The SMILES string of the molecule is CCc1ccc(OCc2nnc(SCC(=O)Nc3nc(-c4ccc(OC)cc4)cs3)n2Cc2ccccc2)cc1. The number of nitrogens with zero attached hydrogens (tertiary/aromatic N) is 4. The van der Waals surface area contributed by atoms with Gasteiger partial charge in [-0.2, -0.15) is 0 Å². The van der Waals surface area contributed by atoms with Crippen LogP contribution in [-0.2, 0) is 24.4 Å². The Balaban J connectivity index is 1.23. The van der Waals surface area contributed by atoms with E-state index in [4.69, 9.17) is 9.47 Å². The Kier molecular flexibility index (Phi) is 9.10. The third-order valence-electron chi connectivity index (χ3n) is 6.15. The topological polar surface area (TPSA) is 91.2 Å². The number of hydrogen-bond donors (Lipinski definition) is 1. The summed E-state index contributed by atoms with van der Waals surface area (Å²) in [4.78, 5) is 17.3. The zero-order chi connectivity index (χ0) is 27.7. The Bertz CT molecular complexity index is 1530. The summed E-state index contributed by atoms with van der Waals surface area (Å²) >= 11 is 2.72. The lowest BCUT2D eigenvalue weighted by Crippen LogP contribution is -2.15.